The predicted octanol–water partition coefficient (Wildman–Crippen LogP) is 8.67. The standard InChI is InChI=1S/C34H34ClNO4/c1-23(2)31-20-25(30-13-6-7-14-32(30)35)21-39-34(31)24-9-8-12-29(19-24)38-22-33(37)36-26-15-17-28(18-16-26)40-27-10-4-3-5-11-27/h3-19,23,25,31,34H,20-22H2,1-2H3,(H,36,37)/t25-,31-,34-/m0/s1. The maximum atomic E-state index is 12.6. The van der Waals surface area contributed by atoms with Crippen LogP contribution in [0.15, 0.2) is 103 Å². The highest BCUT2D eigenvalue weighted by atomic mass is 35.5. The van der Waals surface area contributed by atoms with Crippen molar-refractivity contribution in [1.29, 1.82) is 0 Å². The van der Waals surface area contributed by atoms with Crippen molar-refractivity contribution < 1.29 is 19.0 Å². The number of benzene rings is 4. The summed E-state index contributed by atoms with van der Waals surface area (Å²) in [5.41, 5.74) is 2.88. The van der Waals surface area contributed by atoms with Crippen LogP contribution in [0.1, 0.15) is 43.4 Å². The van der Waals surface area contributed by atoms with E-state index in [1.165, 1.54) is 0 Å². The lowest BCUT2D eigenvalue weighted by Gasteiger charge is -2.39. The zero-order valence-electron chi connectivity index (χ0n) is 22.8. The Morgan fingerprint density at radius 3 is 2.35 bits per heavy atom. The summed E-state index contributed by atoms with van der Waals surface area (Å²) in [5.74, 6) is 2.86. The summed E-state index contributed by atoms with van der Waals surface area (Å²) in [5, 5.41) is 3.67. The highest BCUT2D eigenvalue weighted by Gasteiger charge is 2.35. The van der Waals surface area contributed by atoms with E-state index < -0.39 is 0 Å². The molecule has 1 amide bonds. The average Bonchev–Trinajstić information content (AvgIpc) is 2.98. The normalized spacial score (nSPS) is 18.8. The molecule has 40 heavy (non-hydrogen) atoms. The van der Waals surface area contributed by atoms with Crippen LogP contribution in [0.2, 0.25) is 5.02 Å². The Labute approximate surface area is 241 Å². The lowest BCUT2D eigenvalue weighted by atomic mass is 9.76. The SMILES string of the molecule is CC(C)[C@@H]1C[C@H](c2ccccc2Cl)CO[C@H]1c1cccc(OCC(=O)Nc2ccc(Oc3ccccc3)cc2)c1. The quantitative estimate of drug-likeness (QED) is 0.224. The van der Waals surface area contributed by atoms with E-state index in [1.807, 2.05) is 78.9 Å². The van der Waals surface area contributed by atoms with E-state index >= 15 is 0 Å². The molecule has 5 rings (SSSR count). The van der Waals surface area contributed by atoms with E-state index in [1.54, 1.807) is 12.1 Å². The first-order chi connectivity index (χ1) is 19.5. The van der Waals surface area contributed by atoms with Gasteiger partial charge in [-0.15, -0.1) is 0 Å². The van der Waals surface area contributed by atoms with Crippen LogP contribution in [0.25, 0.3) is 0 Å². The fraction of sp³-hybridized carbons (Fsp3) is 0.265. The zero-order chi connectivity index (χ0) is 27.9. The van der Waals surface area contributed by atoms with Crippen molar-refractivity contribution in [1.82, 2.24) is 0 Å². The molecule has 0 spiro atoms. The molecule has 206 valence electrons. The Morgan fingerprint density at radius 1 is 0.900 bits per heavy atom. The summed E-state index contributed by atoms with van der Waals surface area (Å²) < 4.78 is 18.1. The number of hydrogen-bond donors (Lipinski definition) is 1. The number of carbonyl (C=O) groups excluding carboxylic acids is 1. The molecule has 1 aliphatic heterocycles. The molecule has 0 radical (unpaired) electrons. The number of halogens is 1. The second-order valence-electron chi connectivity index (χ2n) is 10.5. The summed E-state index contributed by atoms with van der Waals surface area (Å²) in [7, 11) is 0. The molecule has 4 aromatic rings. The molecule has 0 unspecified atom stereocenters. The van der Waals surface area contributed by atoms with Crippen molar-refractivity contribution in [3.8, 4) is 17.2 Å². The molecule has 0 saturated carbocycles. The Bertz CT molecular complexity index is 1410. The number of para-hydroxylation sites is 1. The highest BCUT2D eigenvalue weighted by molar-refractivity contribution is 6.31. The molecule has 4 aromatic carbocycles. The third kappa shape index (κ3) is 7.04. The molecule has 1 fully saturated rings. The number of carbonyl (C=O) groups is 1. The second-order valence-corrected chi connectivity index (χ2v) is 10.9. The largest absolute Gasteiger partial charge is 0.484 e. The molecule has 1 N–H and O–H groups in total. The first-order valence-electron chi connectivity index (χ1n) is 13.7. The summed E-state index contributed by atoms with van der Waals surface area (Å²) in [6, 6.07) is 32.7. The second kappa shape index (κ2) is 13.0. The smallest absolute Gasteiger partial charge is 0.262 e. The van der Waals surface area contributed by atoms with Gasteiger partial charge in [0.2, 0.25) is 0 Å². The predicted molar refractivity (Wildman–Crippen MR) is 159 cm³/mol. The van der Waals surface area contributed by atoms with Crippen LogP contribution in [-0.4, -0.2) is 19.1 Å². The van der Waals surface area contributed by atoms with E-state index in [4.69, 9.17) is 25.8 Å². The number of rotatable bonds is 9. The van der Waals surface area contributed by atoms with Crippen LogP contribution < -0.4 is 14.8 Å². The lowest BCUT2D eigenvalue weighted by molar-refractivity contribution is -0.118. The molecule has 1 saturated heterocycles. The van der Waals surface area contributed by atoms with Gasteiger partial charge in [0.1, 0.15) is 17.2 Å². The summed E-state index contributed by atoms with van der Waals surface area (Å²) in [6.45, 7) is 4.99. The molecule has 0 aliphatic carbocycles. The molecule has 1 aliphatic rings. The molecular formula is C34H34ClNO4. The molecule has 5 nitrogen and oxygen atoms in total. The van der Waals surface area contributed by atoms with Gasteiger partial charge >= 0.3 is 0 Å². The monoisotopic (exact) mass is 555 g/mol. The number of hydrogen-bond acceptors (Lipinski definition) is 4. The van der Waals surface area contributed by atoms with Gasteiger partial charge in [-0.1, -0.05) is 74.0 Å². The Morgan fingerprint density at radius 2 is 1.60 bits per heavy atom. The first kappa shape index (κ1) is 27.8. The van der Waals surface area contributed by atoms with Crippen LogP contribution in [0.4, 0.5) is 5.69 Å². The van der Waals surface area contributed by atoms with Crippen molar-refractivity contribution in [2.24, 2.45) is 11.8 Å². The van der Waals surface area contributed by atoms with Gasteiger partial charge in [0.25, 0.3) is 5.91 Å². The molecule has 3 atom stereocenters. The van der Waals surface area contributed by atoms with E-state index in [0.717, 1.165) is 28.3 Å². The van der Waals surface area contributed by atoms with Gasteiger partial charge in [-0.25, -0.2) is 0 Å². The molecule has 0 aromatic heterocycles. The summed E-state index contributed by atoms with van der Waals surface area (Å²) in [6.07, 6.45) is 0.946. The Balaban J connectivity index is 1.17. The first-order valence-corrected chi connectivity index (χ1v) is 14.1. The van der Waals surface area contributed by atoms with E-state index in [0.29, 0.717) is 35.6 Å². The van der Waals surface area contributed by atoms with E-state index in [9.17, 15) is 4.79 Å². The van der Waals surface area contributed by atoms with Crippen molar-refractivity contribution >= 4 is 23.2 Å². The van der Waals surface area contributed by atoms with E-state index in [-0.39, 0.29) is 24.5 Å². The number of amides is 1. The lowest BCUT2D eigenvalue weighted by Crippen LogP contribution is -2.31. The maximum Gasteiger partial charge on any atom is 0.262 e. The maximum absolute atomic E-state index is 12.6. The van der Waals surface area contributed by atoms with Gasteiger partial charge in [0.05, 0.1) is 12.7 Å². The molecule has 6 heteroatoms. The number of nitrogens with one attached hydrogen (secondary N) is 1. The molecular weight excluding hydrogens is 522 g/mol. The zero-order valence-corrected chi connectivity index (χ0v) is 23.5. The third-order valence-electron chi connectivity index (χ3n) is 7.30. The average molecular weight is 556 g/mol. The van der Waals surface area contributed by atoms with Crippen LogP contribution in [0.5, 0.6) is 17.2 Å². The summed E-state index contributed by atoms with van der Waals surface area (Å²) >= 11 is 6.50. The van der Waals surface area contributed by atoms with Crippen molar-refractivity contribution in [3.05, 3.63) is 119 Å². The fourth-order valence-electron chi connectivity index (χ4n) is 5.21. The molecule has 1 heterocycles. The van der Waals surface area contributed by atoms with Gasteiger partial charge in [-0.3, -0.25) is 4.79 Å². The highest BCUT2D eigenvalue weighted by Crippen LogP contribution is 2.45. The minimum absolute atomic E-state index is 0.0484. The van der Waals surface area contributed by atoms with E-state index in [2.05, 4.69) is 31.3 Å². The Hall–Kier alpha value is -3.80. The van der Waals surface area contributed by atoms with Crippen molar-refractivity contribution in [3.63, 3.8) is 0 Å². The third-order valence-corrected chi connectivity index (χ3v) is 7.64. The van der Waals surface area contributed by atoms with Crippen LogP contribution in [0, 0.1) is 11.8 Å². The minimum atomic E-state index is -0.237. The number of ether oxygens (including phenoxy) is 3. The fourth-order valence-corrected chi connectivity index (χ4v) is 5.50. The van der Waals surface area contributed by atoms with Crippen LogP contribution >= 0.6 is 11.6 Å². The van der Waals surface area contributed by atoms with Crippen molar-refractivity contribution in [2.45, 2.75) is 32.3 Å². The number of anilines is 1. The van der Waals surface area contributed by atoms with Crippen molar-refractivity contribution in [2.75, 3.05) is 18.5 Å². The topological polar surface area (TPSA) is 56.8 Å². The minimum Gasteiger partial charge on any atom is -0.484 e. The van der Waals surface area contributed by atoms with Crippen LogP contribution in [-0.2, 0) is 9.53 Å². The van der Waals surface area contributed by atoms with Gasteiger partial charge in [-0.2, -0.15) is 0 Å². The molecule has 0 bridgehead atoms. The Kier molecular flexibility index (Phi) is 9.04. The van der Waals surface area contributed by atoms with Gasteiger partial charge in [0, 0.05) is 16.6 Å². The van der Waals surface area contributed by atoms with Gasteiger partial charge in [0.15, 0.2) is 6.61 Å². The van der Waals surface area contributed by atoms with Gasteiger partial charge in [-0.05, 0) is 84.0 Å². The summed E-state index contributed by atoms with van der Waals surface area (Å²) in [4.78, 5) is 12.6. The van der Waals surface area contributed by atoms with Crippen LogP contribution in [0.3, 0.4) is 0 Å². The van der Waals surface area contributed by atoms with Gasteiger partial charge < -0.3 is 19.5 Å².